The number of hydrogen-bond donors (Lipinski definition) is 1. The molecule has 1 atom stereocenters. The third-order valence-electron chi connectivity index (χ3n) is 2.94. The van der Waals surface area contributed by atoms with Gasteiger partial charge in [-0.3, -0.25) is 0 Å². The van der Waals surface area contributed by atoms with Crippen LogP contribution in [-0.2, 0) is 0 Å². The Balaban J connectivity index is 2.18. The number of nitrogens with zero attached hydrogens (tertiary/aromatic N) is 2. The smallest absolute Gasteiger partial charge is 0.123 e. The second-order valence-corrected chi connectivity index (χ2v) is 4.14. The lowest BCUT2D eigenvalue weighted by molar-refractivity contribution is 0.415. The third-order valence-corrected chi connectivity index (χ3v) is 2.94. The van der Waals surface area contributed by atoms with Crippen LogP contribution in [0.3, 0.4) is 0 Å². The molecule has 1 aliphatic heterocycles. The molecule has 0 saturated carbocycles. The van der Waals surface area contributed by atoms with Gasteiger partial charge in [0.1, 0.15) is 11.3 Å². The molecule has 1 aliphatic rings. The largest absolute Gasteiger partial charge is 0.497 e. The molecule has 2 N–H and O–H groups in total. The fraction of sp³-hybridized carbons (Fsp3) is 0.417. The Kier molecular flexibility index (Phi) is 2.71. The number of anilines is 1. The number of nitriles is 1. The van der Waals surface area contributed by atoms with Crippen molar-refractivity contribution in [3.63, 3.8) is 0 Å². The van der Waals surface area contributed by atoms with Crippen LogP contribution < -0.4 is 15.4 Å². The number of hydrogen-bond acceptors (Lipinski definition) is 4. The van der Waals surface area contributed by atoms with Gasteiger partial charge in [-0.05, 0) is 18.6 Å². The summed E-state index contributed by atoms with van der Waals surface area (Å²) in [7, 11) is 1.64. The minimum Gasteiger partial charge on any atom is -0.497 e. The molecule has 0 radical (unpaired) electrons. The molecular formula is C12H15N3O. The molecule has 0 spiro atoms. The number of rotatable bonds is 2. The predicted octanol–water partition coefficient (Wildman–Crippen LogP) is 1.13. The summed E-state index contributed by atoms with van der Waals surface area (Å²) in [5.74, 6) is 0.823. The lowest BCUT2D eigenvalue weighted by atomic mass is 10.0. The summed E-state index contributed by atoms with van der Waals surface area (Å²) < 4.78 is 5.17. The Morgan fingerprint density at radius 1 is 1.56 bits per heavy atom. The summed E-state index contributed by atoms with van der Waals surface area (Å²) >= 11 is 0. The minimum absolute atomic E-state index is 0.580. The zero-order valence-corrected chi connectivity index (χ0v) is 9.31. The van der Waals surface area contributed by atoms with E-state index in [1.165, 1.54) is 0 Å². The number of nitrogens with two attached hydrogens (primary N) is 1. The number of methoxy groups -OCH3 is 1. The molecule has 4 heteroatoms. The fourth-order valence-electron chi connectivity index (χ4n) is 1.95. The van der Waals surface area contributed by atoms with E-state index in [1.54, 1.807) is 7.11 Å². The first-order valence-electron chi connectivity index (χ1n) is 5.26. The van der Waals surface area contributed by atoms with E-state index in [2.05, 4.69) is 11.0 Å². The maximum absolute atomic E-state index is 8.96. The third kappa shape index (κ3) is 1.95. The standard InChI is InChI=1S/C12H15N3O/c1-16-11-4-2-3-10(7-11)15-6-5-12(14,8-13)9-15/h2-4,7H,5-6,9,14H2,1H3. The van der Waals surface area contributed by atoms with Crippen molar-refractivity contribution in [3.05, 3.63) is 24.3 Å². The van der Waals surface area contributed by atoms with Gasteiger partial charge in [0.2, 0.25) is 0 Å². The van der Waals surface area contributed by atoms with Gasteiger partial charge in [0.25, 0.3) is 0 Å². The Morgan fingerprint density at radius 2 is 2.38 bits per heavy atom. The van der Waals surface area contributed by atoms with Gasteiger partial charge in [0.05, 0.1) is 13.2 Å². The maximum Gasteiger partial charge on any atom is 0.123 e. The van der Waals surface area contributed by atoms with Gasteiger partial charge < -0.3 is 15.4 Å². The molecule has 1 aromatic rings. The van der Waals surface area contributed by atoms with Crippen LogP contribution in [0.2, 0.25) is 0 Å². The molecule has 2 rings (SSSR count). The van der Waals surface area contributed by atoms with Gasteiger partial charge in [-0.2, -0.15) is 5.26 Å². The molecular weight excluding hydrogens is 202 g/mol. The SMILES string of the molecule is COc1cccc(N2CCC(N)(C#N)C2)c1. The van der Waals surface area contributed by atoms with Gasteiger partial charge in [-0.25, -0.2) is 0 Å². The van der Waals surface area contributed by atoms with Gasteiger partial charge in [-0.1, -0.05) is 6.07 Å². The van der Waals surface area contributed by atoms with Crippen molar-refractivity contribution >= 4 is 5.69 Å². The molecule has 1 saturated heterocycles. The van der Waals surface area contributed by atoms with Crippen molar-refractivity contribution in [3.8, 4) is 11.8 Å². The van der Waals surface area contributed by atoms with Crippen molar-refractivity contribution in [1.82, 2.24) is 0 Å². The summed E-state index contributed by atoms with van der Waals surface area (Å²) in [5.41, 5.74) is 6.27. The Morgan fingerprint density at radius 3 is 3.00 bits per heavy atom. The van der Waals surface area contributed by atoms with E-state index in [0.717, 1.165) is 18.0 Å². The highest BCUT2D eigenvalue weighted by Gasteiger charge is 2.34. The summed E-state index contributed by atoms with van der Waals surface area (Å²) in [6.07, 6.45) is 0.709. The first kappa shape index (κ1) is 10.8. The van der Waals surface area contributed by atoms with Crippen LogP contribution in [0.4, 0.5) is 5.69 Å². The average Bonchev–Trinajstić information content (AvgIpc) is 2.73. The molecule has 1 heterocycles. The highest BCUT2D eigenvalue weighted by atomic mass is 16.5. The maximum atomic E-state index is 8.96. The van der Waals surface area contributed by atoms with Crippen molar-refractivity contribution in [2.45, 2.75) is 12.0 Å². The zero-order chi connectivity index (χ0) is 11.6. The van der Waals surface area contributed by atoms with Gasteiger partial charge >= 0.3 is 0 Å². The van der Waals surface area contributed by atoms with Crippen LogP contribution in [0.15, 0.2) is 24.3 Å². The van der Waals surface area contributed by atoms with E-state index in [1.807, 2.05) is 24.3 Å². The van der Waals surface area contributed by atoms with Crippen LogP contribution in [0, 0.1) is 11.3 Å². The molecule has 0 aromatic heterocycles. The van der Waals surface area contributed by atoms with E-state index in [-0.39, 0.29) is 0 Å². The molecule has 16 heavy (non-hydrogen) atoms. The van der Waals surface area contributed by atoms with E-state index in [9.17, 15) is 0 Å². The molecule has 0 aliphatic carbocycles. The second-order valence-electron chi connectivity index (χ2n) is 4.14. The topological polar surface area (TPSA) is 62.3 Å². The number of benzene rings is 1. The van der Waals surface area contributed by atoms with Crippen LogP contribution in [0.1, 0.15) is 6.42 Å². The Bertz CT molecular complexity index is 427. The van der Waals surface area contributed by atoms with Gasteiger partial charge in [-0.15, -0.1) is 0 Å². The second kappa shape index (κ2) is 4.03. The lowest BCUT2D eigenvalue weighted by Crippen LogP contribution is -2.41. The summed E-state index contributed by atoms with van der Waals surface area (Å²) in [6, 6.07) is 9.98. The van der Waals surface area contributed by atoms with E-state index in [4.69, 9.17) is 15.7 Å². The summed E-state index contributed by atoms with van der Waals surface area (Å²) in [4.78, 5) is 2.12. The van der Waals surface area contributed by atoms with Crippen molar-refractivity contribution in [2.75, 3.05) is 25.1 Å². The van der Waals surface area contributed by atoms with E-state index in [0.29, 0.717) is 13.0 Å². The van der Waals surface area contributed by atoms with E-state index < -0.39 is 5.54 Å². The van der Waals surface area contributed by atoms with Gasteiger partial charge in [0, 0.05) is 24.8 Å². The van der Waals surface area contributed by atoms with Crippen molar-refractivity contribution in [1.29, 1.82) is 5.26 Å². The molecule has 4 nitrogen and oxygen atoms in total. The zero-order valence-electron chi connectivity index (χ0n) is 9.31. The quantitative estimate of drug-likeness (QED) is 0.806. The normalized spacial score (nSPS) is 24.2. The molecule has 0 amide bonds. The predicted molar refractivity (Wildman–Crippen MR) is 62.4 cm³/mol. The van der Waals surface area contributed by atoms with Crippen LogP contribution in [0.5, 0.6) is 5.75 Å². The molecule has 1 unspecified atom stereocenters. The number of ether oxygens (including phenoxy) is 1. The molecule has 0 bridgehead atoms. The lowest BCUT2D eigenvalue weighted by Gasteiger charge is -2.20. The molecule has 1 aromatic carbocycles. The van der Waals surface area contributed by atoms with Crippen LogP contribution in [0.25, 0.3) is 0 Å². The molecule has 84 valence electrons. The summed E-state index contributed by atoms with van der Waals surface area (Å²) in [5, 5.41) is 8.96. The van der Waals surface area contributed by atoms with Crippen LogP contribution in [-0.4, -0.2) is 25.7 Å². The first-order chi connectivity index (χ1) is 7.67. The van der Waals surface area contributed by atoms with Crippen LogP contribution >= 0.6 is 0 Å². The first-order valence-corrected chi connectivity index (χ1v) is 5.26. The van der Waals surface area contributed by atoms with Crippen molar-refractivity contribution in [2.24, 2.45) is 5.73 Å². The Hall–Kier alpha value is -1.73. The fourth-order valence-corrected chi connectivity index (χ4v) is 1.95. The van der Waals surface area contributed by atoms with E-state index >= 15 is 0 Å². The molecule has 1 fully saturated rings. The van der Waals surface area contributed by atoms with Gasteiger partial charge in [0.15, 0.2) is 0 Å². The average molecular weight is 217 g/mol. The highest BCUT2D eigenvalue weighted by Crippen LogP contribution is 2.27. The highest BCUT2D eigenvalue weighted by molar-refractivity contribution is 5.52. The minimum atomic E-state index is -0.705. The monoisotopic (exact) mass is 217 g/mol. The Labute approximate surface area is 95.2 Å². The summed E-state index contributed by atoms with van der Waals surface area (Å²) in [6.45, 7) is 1.40. The van der Waals surface area contributed by atoms with Crippen molar-refractivity contribution < 1.29 is 4.74 Å².